The van der Waals surface area contributed by atoms with Gasteiger partial charge in [-0.1, -0.05) is 23.9 Å². The second-order valence-corrected chi connectivity index (χ2v) is 7.78. The zero-order valence-electron chi connectivity index (χ0n) is 14.0. The van der Waals surface area contributed by atoms with Gasteiger partial charge in [0.15, 0.2) is 5.13 Å². The third-order valence-corrected chi connectivity index (χ3v) is 5.79. The van der Waals surface area contributed by atoms with E-state index in [0.29, 0.717) is 13.0 Å². The molecule has 1 aliphatic heterocycles. The minimum atomic E-state index is -0.338. The normalized spacial score (nSPS) is 16.8. The molecule has 1 aromatic heterocycles. The maximum atomic E-state index is 11.6. The van der Waals surface area contributed by atoms with Crippen LogP contribution in [0.25, 0.3) is 0 Å². The van der Waals surface area contributed by atoms with Gasteiger partial charge in [-0.05, 0) is 31.0 Å². The van der Waals surface area contributed by atoms with Gasteiger partial charge < -0.3 is 9.64 Å². The number of benzene rings is 1. The van der Waals surface area contributed by atoms with Crippen molar-refractivity contribution >= 4 is 39.4 Å². The number of anilines is 1. The highest BCUT2D eigenvalue weighted by atomic mass is 32.2. The van der Waals surface area contributed by atoms with Crippen LogP contribution in [-0.4, -0.2) is 41.6 Å². The Morgan fingerprint density at radius 2 is 2.04 bits per heavy atom. The van der Waals surface area contributed by atoms with Crippen molar-refractivity contribution in [2.45, 2.75) is 18.6 Å². The molecule has 1 atom stereocenters. The number of aryl methyl sites for hydroxylation is 1. The second kappa shape index (κ2) is 7.88. The van der Waals surface area contributed by atoms with Gasteiger partial charge in [0.1, 0.15) is 12.4 Å². The van der Waals surface area contributed by atoms with Crippen LogP contribution in [-0.2, 0) is 11.2 Å². The zero-order valence-corrected chi connectivity index (χ0v) is 15.7. The zero-order chi connectivity index (χ0) is 17.8. The van der Waals surface area contributed by atoms with Crippen molar-refractivity contribution < 1.29 is 14.3 Å². The van der Waals surface area contributed by atoms with Gasteiger partial charge >= 0.3 is 0 Å². The van der Waals surface area contributed by atoms with Crippen LogP contribution in [0.4, 0.5) is 9.93 Å². The third-order valence-electron chi connectivity index (χ3n) is 3.74. The maximum absolute atomic E-state index is 11.6. The molecule has 1 N–H and O–H groups in total. The van der Waals surface area contributed by atoms with Crippen molar-refractivity contribution in [2.75, 3.05) is 25.1 Å². The number of imide groups is 1. The third kappa shape index (κ3) is 4.73. The molecule has 3 rings (SSSR count). The van der Waals surface area contributed by atoms with Crippen molar-refractivity contribution in [3.05, 3.63) is 40.9 Å². The Kier molecular flexibility index (Phi) is 5.60. The number of nitrogens with zero attached hydrogens (tertiary/aromatic N) is 2. The second-order valence-electron chi connectivity index (χ2n) is 5.77. The number of nitrogens with one attached hydrogen (secondary N) is 1. The summed E-state index contributed by atoms with van der Waals surface area (Å²) in [4.78, 5) is 29.3. The molecule has 132 valence electrons. The fourth-order valence-electron chi connectivity index (χ4n) is 2.38. The quantitative estimate of drug-likeness (QED) is 0.800. The van der Waals surface area contributed by atoms with Gasteiger partial charge in [-0.25, -0.2) is 4.98 Å². The highest BCUT2D eigenvalue weighted by molar-refractivity contribution is 8.15. The smallest absolute Gasteiger partial charge is 0.286 e. The first-order chi connectivity index (χ1) is 12.0. The molecule has 25 heavy (non-hydrogen) atoms. The first kappa shape index (κ1) is 17.8. The lowest BCUT2D eigenvalue weighted by molar-refractivity contribution is -0.118. The number of rotatable bonds is 7. The number of amides is 2. The Hall–Kier alpha value is -2.06. The Balaban J connectivity index is 1.46. The van der Waals surface area contributed by atoms with Gasteiger partial charge in [0.25, 0.3) is 5.24 Å². The first-order valence-electron chi connectivity index (χ1n) is 7.88. The summed E-state index contributed by atoms with van der Waals surface area (Å²) in [5.74, 6) is 0.572. The lowest BCUT2D eigenvalue weighted by atomic mass is 10.1. The largest absolute Gasteiger partial charge is 0.492 e. The van der Waals surface area contributed by atoms with Gasteiger partial charge in [0, 0.05) is 12.4 Å². The summed E-state index contributed by atoms with van der Waals surface area (Å²) in [7, 11) is 2.00. The highest BCUT2D eigenvalue weighted by Gasteiger charge is 2.31. The highest BCUT2D eigenvalue weighted by Crippen LogP contribution is 2.24. The van der Waals surface area contributed by atoms with E-state index in [2.05, 4.69) is 15.2 Å². The molecular formula is C17H19N3O3S2. The fourth-order valence-corrected chi connectivity index (χ4v) is 4.03. The molecule has 1 unspecified atom stereocenters. The average Bonchev–Trinajstić information content (AvgIpc) is 3.14. The molecule has 8 heteroatoms. The molecule has 0 saturated carbocycles. The molecule has 1 fully saturated rings. The van der Waals surface area contributed by atoms with E-state index in [4.69, 9.17) is 4.74 Å². The molecule has 6 nitrogen and oxygen atoms in total. The Labute approximate surface area is 154 Å². The van der Waals surface area contributed by atoms with Crippen molar-refractivity contribution in [3.63, 3.8) is 0 Å². The van der Waals surface area contributed by atoms with Crippen LogP contribution in [0.15, 0.2) is 29.6 Å². The summed E-state index contributed by atoms with van der Waals surface area (Å²) in [5, 5.41) is 4.71. The van der Waals surface area contributed by atoms with Crippen LogP contribution in [0.3, 0.4) is 0 Å². The Bertz CT molecular complexity index is 761. The Morgan fingerprint density at radius 1 is 1.28 bits per heavy atom. The van der Waals surface area contributed by atoms with Crippen LogP contribution in [0, 0.1) is 6.92 Å². The van der Waals surface area contributed by atoms with Crippen molar-refractivity contribution in [1.82, 2.24) is 10.3 Å². The van der Waals surface area contributed by atoms with Crippen molar-refractivity contribution in [1.29, 1.82) is 0 Å². The van der Waals surface area contributed by atoms with E-state index >= 15 is 0 Å². The Morgan fingerprint density at radius 3 is 2.64 bits per heavy atom. The molecule has 2 amide bonds. The summed E-state index contributed by atoms with van der Waals surface area (Å²) in [6.45, 7) is 3.29. The van der Waals surface area contributed by atoms with E-state index in [9.17, 15) is 9.59 Å². The minimum absolute atomic E-state index is 0.212. The summed E-state index contributed by atoms with van der Waals surface area (Å²) in [6, 6.07) is 7.64. The van der Waals surface area contributed by atoms with Crippen LogP contribution < -0.4 is 15.0 Å². The monoisotopic (exact) mass is 377 g/mol. The molecule has 0 radical (unpaired) electrons. The molecule has 0 bridgehead atoms. The van der Waals surface area contributed by atoms with Crippen molar-refractivity contribution in [3.8, 4) is 5.75 Å². The number of carbonyl (C=O) groups excluding carboxylic acids is 2. The average molecular weight is 377 g/mol. The van der Waals surface area contributed by atoms with Gasteiger partial charge in [0.2, 0.25) is 5.91 Å². The number of thioether (sulfide) groups is 1. The number of likely N-dealkylation sites (N-methyl/N-ethyl adjacent to an activating group) is 1. The first-order valence-corrected chi connectivity index (χ1v) is 9.63. The molecule has 0 aliphatic carbocycles. The number of hydrogen-bond acceptors (Lipinski definition) is 7. The maximum Gasteiger partial charge on any atom is 0.286 e. The SMILES string of the molecule is Cc1csc(N(C)CCOc2ccc(CC3SC(=O)NC3=O)cc2)n1. The molecule has 2 aromatic rings. The minimum Gasteiger partial charge on any atom is -0.492 e. The standard InChI is InChI=1S/C17H19N3O3S2/c1-11-10-24-16(18-11)20(2)7-8-23-13-5-3-12(4-6-13)9-14-15(21)19-17(22)25-14/h3-6,10,14H,7-9H2,1-2H3,(H,19,21,22). The molecule has 0 spiro atoms. The topological polar surface area (TPSA) is 71.5 Å². The van der Waals surface area contributed by atoms with Crippen LogP contribution in [0.5, 0.6) is 5.75 Å². The summed E-state index contributed by atoms with van der Waals surface area (Å²) < 4.78 is 5.76. The van der Waals surface area contributed by atoms with E-state index in [0.717, 1.165) is 40.4 Å². The van der Waals surface area contributed by atoms with E-state index in [1.807, 2.05) is 43.6 Å². The van der Waals surface area contributed by atoms with Crippen LogP contribution in [0.2, 0.25) is 0 Å². The van der Waals surface area contributed by atoms with E-state index < -0.39 is 0 Å². The molecule has 1 aliphatic rings. The lowest BCUT2D eigenvalue weighted by Gasteiger charge is -2.16. The van der Waals surface area contributed by atoms with E-state index in [1.165, 1.54) is 0 Å². The van der Waals surface area contributed by atoms with Gasteiger partial charge in [-0.15, -0.1) is 11.3 Å². The number of thiazole rings is 1. The van der Waals surface area contributed by atoms with Gasteiger partial charge in [-0.2, -0.15) is 0 Å². The van der Waals surface area contributed by atoms with Crippen LogP contribution in [0.1, 0.15) is 11.3 Å². The van der Waals surface area contributed by atoms with Crippen molar-refractivity contribution in [2.24, 2.45) is 0 Å². The molecule has 1 saturated heterocycles. The molecular weight excluding hydrogens is 358 g/mol. The fraction of sp³-hybridized carbons (Fsp3) is 0.353. The lowest BCUT2D eigenvalue weighted by Crippen LogP contribution is -2.25. The van der Waals surface area contributed by atoms with E-state index in [1.54, 1.807) is 11.3 Å². The number of aromatic nitrogens is 1. The molecule has 2 heterocycles. The number of carbonyl (C=O) groups is 2. The summed E-state index contributed by atoms with van der Waals surface area (Å²) in [5.41, 5.74) is 2.03. The van der Waals surface area contributed by atoms with Crippen LogP contribution >= 0.6 is 23.1 Å². The predicted octanol–water partition coefficient (Wildman–Crippen LogP) is 2.86. The number of hydrogen-bond donors (Lipinski definition) is 1. The van der Waals surface area contributed by atoms with Gasteiger partial charge in [0.05, 0.1) is 17.5 Å². The number of ether oxygens (including phenoxy) is 1. The molecule has 1 aromatic carbocycles. The predicted molar refractivity (Wildman–Crippen MR) is 101 cm³/mol. The summed E-state index contributed by atoms with van der Waals surface area (Å²) in [6.07, 6.45) is 0.536. The van der Waals surface area contributed by atoms with E-state index in [-0.39, 0.29) is 16.4 Å². The summed E-state index contributed by atoms with van der Waals surface area (Å²) >= 11 is 2.67. The van der Waals surface area contributed by atoms with Gasteiger partial charge in [-0.3, -0.25) is 14.9 Å².